The van der Waals surface area contributed by atoms with Gasteiger partial charge in [-0.2, -0.15) is 0 Å². The second kappa shape index (κ2) is 10.4. The van der Waals surface area contributed by atoms with Crippen LogP contribution in [0.15, 0.2) is 53.6 Å². The van der Waals surface area contributed by atoms with Crippen molar-refractivity contribution in [1.82, 2.24) is 0 Å². The third kappa shape index (κ3) is 6.57. The molecule has 0 aromatic heterocycles. The fourth-order valence-electron chi connectivity index (χ4n) is 3.74. The fourth-order valence-corrected chi connectivity index (χ4v) is 3.74. The predicted molar refractivity (Wildman–Crippen MR) is 112 cm³/mol. The quantitative estimate of drug-likeness (QED) is 0.597. The van der Waals surface area contributed by atoms with E-state index in [1.54, 1.807) is 30.3 Å². The Morgan fingerprint density at radius 1 is 1.10 bits per heavy atom. The first kappa shape index (κ1) is 22.9. The maximum atomic E-state index is 12.8. The highest BCUT2D eigenvalue weighted by atomic mass is 16.6. The van der Waals surface area contributed by atoms with Crippen molar-refractivity contribution < 1.29 is 24.2 Å². The lowest BCUT2D eigenvalue weighted by atomic mass is 9.80. The minimum atomic E-state index is -0.640. The molecular weight excluding hydrogens is 368 g/mol. The highest BCUT2D eigenvalue weighted by molar-refractivity contribution is 5.89. The van der Waals surface area contributed by atoms with Crippen LogP contribution >= 0.6 is 0 Å². The largest absolute Gasteiger partial charge is 0.458 e. The second-order valence-electron chi connectivity index (χ2n) is 8.12. The van der Waals surface area contributed by atoms with Crippen molar-refractivity contribution in [1.29, 1.82) is 0 Å². The molecule has 1 aliphatic carbocycles. The summed E-state index contributed by atoms with van der Waals surface area (Å²) in [7, 11) is 0. The molecule has 1 aliphatic rings. The zero-order chi connectivity index (χ0) is 21.6. The molecule has 0 bridgehead atoms. The van der Waals surface area contributed by atoms with Gasteiger partial charge in [0.05, 0.1) is 11.7 Å². The van der Waals surface area contributed by atoms with Crippen LogP contribution in [-0.2, 0) is 14.3 Å². The molecule has 0 amide bonds. The Morgan fingerprint density at radius 2 is 1.76 bits per heavy atom. The van der Waals surface area contributed by atoms with Gasteiger partial charge < -0.3 is 14.6 Å². The maximum Gasteiger partial charge on any atom is 0.338 e. The average molecular weight is 401 g/mol. The van der Waals surface area contributed by atoms with Crippen molar-refractivity contribution in [2.75, 3.05) is 0 Å². The van der Waals surface area contributed by atoms with E-state index < -0.39 is 30.3 Å². The molecule has 0 saturated heterocycles. The molecular formula is C24H32O5. The SMILES string of the molecule is CC(=O)O[C@H]1/C=C(\C)[C@@H](O)C/C=C(\C)CC(OC(=O)c2ccccc2)[C@H]1C(C)C. The van der Waals surface area contributed by atoms with Crippen molar-refractivity contribution in [2.24, 2.45) is 11.8 Å². The summed E-state index contributed by atoms with van der Waals surface area (Å²) in [6.07, 6.45) is 3.05. The summed E-state index contributed by atoms with van der Waals surface area (Å²) in [6, 6.07) is 8.88. The van der Waals surface area contributed by atoms with Gasteiger partial charge in [-0.25, -0.2) is 4.79 Å². The van der Waals surface area contributed by atoms with Crippen molar-refractivity contribution in [3.8, 4) is 0 Å². The molecule has 4 atom stereocenters. The second-order valence-corrected chi connectivity index (χ2v) is 8.12. The summed E-state index contributed by atoms with van der Waals surface area (Å²) in [5.41, 5.74) is 2.25. The summed E-state index contributed by atoms with van der Waals surface area (Å²) >= 11 is 0. The standard InChI is InChI=1S/C24H32O5/c1-15(2)23-21(29-24(27)19-9-7-6-8-10-19)13-16(3)11-12-20(26)17(4)14-22(23)28-18(5)25/h6-11,14-15,20-23,26H,12-13H2,1-5H3/b16-11+,17-14+/t20-,21?,22-,23+/m0/s1. The Labute approximate surface area is 173 Å². The van der Waals surface area contributed by atoms with Gasteiger partial charge in [-0.3, -0.25) is 4.79 Å². The third-order valence-electron chi connectivity index (χ3n) is 5.31. The van der Waals surface area contributed by atoms with Crippen LogP contribution in [0.25, 0.3) is 0 Å². The van der Waals surface area contributed by atoms with E-state index in [0.29, 0.717) is 18.4 Å². The molecule has 0 saturated carbocycles. The van der Waals surface area contributed by atoms with Crippen molar-refractivity contribution in [3.05, 3.63) is 59.2 Å². The first-order chi connectivity index (χ1) is 13.7. The highest BCUT2D eigenvalue weighted by Gasteiger charge is 2.36. The van der Waals surface area contributed by atoms with E-state index in [1.165, 1.54) is 6.92 Å². The number of rotatable bonds is 4. The molecule has 1 unspecified atom stereocenters. The van der Waals surface area contributed by atoms with Gasteiger partial charge in [0.15, 0.2) is 0 Å². The smallest absolute Gasteiger partial charge is 0.338 e. The van der Waals surface area contributed by atoms with Gasteiger partial charge >= 0.3 is 11.9 Å². The summed E-state index contributed by atoms with van der Waals surface area (Å²) < 4.78 is 11.6. The Kier molecular flexibility index (Phi) is 8.21. The van der Waals surface area contributed by atoms with E-state index in [2.05, 4.69) is 0 Å². The van der Waals surface area contributed by atoms with Crippen LogP contribution in [-0.4, -0.2) is 35.4 Å². The molecule has 1 aromatic rings. The number of carbonyl (C=O) groups is 2. The van der Waals surface area contributed by atoms with E-state index in [-0.39, 0.29) is 11.8 Å². The van der Waals surface area contributed by atoms with E-state index in [4.69, 9.17) is 9.47 Å². The number of benzene rings is 1. The molecule has 1 aromatic carbocycles. The lowest BCUT2D eigenvalue weighted by molar-refractivity contribution is -0.149. The van der Waals surface area contributed by atoms with Crippen molar-refractivity contribution >= 4 is 11.9 Å². The van der Waals surface area contributed by atoms with Crippen LogP contribution in [0.3, 0.4) is 0 Å². The van der Waals surface area contributed by atoms with E-state index in [1.807, 2.05) is 39.8 Å². The lowest BCUT2D eigenvalue weighted by Crippen LogP contribution is -2.41. The molecule has 0 spiro atoms. The minimum Gasteiger partial charge on any atom is -0.458 e. The van der Waals surface area contributed by atoms with Crippen LogP contribution < -0.4 is 0 Å². The van der Waals surface area contributed by atoms with E-state index >= 15 is 0 Å². The summed E-state index contributed by atoms with van der Waals surface area (Å²) in [5, 5.41) is 10.4. The van der Waals surface area contributed by atoms with Crippen LogP contribution in [0, 0.1) is 11.8 Å². The zero-order valence-corrected chi connectivity index (χ0v) is 17.9. The van der Waals surface area contributed by atoms with Crippen LogP contribution in [0.5, 0.6) is 0 Å². The monoisotopic (exact) mass is 400 g/mol. The first-order valence-corrected chi connectivity index (χ1v) is 10.1. The zero-order valence-electron chi connectivity index (χ0n) is 17.9. The van der Waals surface area contributed by atoms with Crippen LogP contribution in [0.1, 0.15) is 57.8 Å². The molecule has 0 fully saturated rings. The van der Waals surface area contributed by atoms with Gasteiger partial charge in [0.1, 0.15) is 12.2 Å². The summed E-state index contributed by atoms with van der Waals surface area (Å²) in [5.74, 6) is -0.985. The van der Waals surface area contributed by atoms with Gasteiger partial charge in [-0.05, 0) is 50.0 Å². The Hall–Kier alpha value is -2.40. The Bertz CT molecular complexity index is 763. The average Bonchev–Trinajstić information content (AvgIpc) is 2.65. The fraction of sp³-hybridized carbons (Fsp3) is 0.500. The van der Waals surface area contributed by atoms with Gasteiger partial charge in [-0.15, -0.1) is 0 Å². The molecule has 2 rings (SSSR count). The Morgan fingerprint density at radius 3 is 2.34 bits per heavy atom. The van der Waals surface area contributed by atoms with E-state index in [0.717, 1.165) is 11.1 Å². The minimum absolute atomic E-state index is 0.0707. The molecule has 29 heavy (non-hydrogen) atoms. The Balaban J connectivity index is 2.45. The van der Waals surface area contributed by atoms with Gasteiger partial charge in [0.2, 0.25) is 0 Å². The number of aliphatic hydroxyl groups excluding tert-OH is 1. The molecule has 1 N–H and O–H groups in total. The van der Waals surface area contributed by atoms with Crippen LogP contribution in [0.2, 0.25) is 0 Å². The van der Waals surface area contributed by atoms with Crippen molar-refractivity contribution in [2.45, 2.75) is 65.8 Å². The number of ether oxygens (including phenoxy) is 2. The normalized spacial score (nSPS) is 29.2. The molecule has 5 nitrogen and oxygen atoms in total. The molecule has 5 heteroatoms. The summed E-state index contributed by atoms with van der Waals surface area (Å²) in [4.78, 5) is 24.6. The molecule has 0 radical (unpaired) electrons. The van der Waals surface area contributed by atoms with E-state index in [9.17, 15) is 14.7 Å². The lowest BCUT2D eigenvalue weighted by Gasteiger charge is -2.35. The van der Waals surface area contributed by atoms with Gasteiger partial charge in [-0.1, -0.05) is 43.7 Å². The molecule has 0 aliphatic heterocycles. The van der Waals surface area contributed by atoms with Gasteiger partial charge in [0, 0.05) is 19.3 Å². The molecule has 0 heterocycles. The van der Waals surface area contributed by atoms with Crippen molar-refractivity contribution in [3.63, 3.8) is 0 Å². The number of hydrogen-bond donors (Lipinski definition) is 1. The topological polar surface area (TPSA) is 72.8 Å². The number of aliphatic hydroxyl groups is 1. The predicted octanol–water partition coefficient (Wildman–Crippen LogP) is 4.46. The number of carbonyl (C=O) groups excluding carboxylic acids is 2. The first-order valence-electron chi connectivity index (χ1n) is 10.1. The van der Waals surface area contributed by atoms with Gasteiger partial charge in [0.25, 0.3) is 0 Å². The maximum absolute atomic E-state index is 12.8. The number of esters is 2. The van der Waals surface area contributed by atoms with Crippen LogP contribution in [0.4, 0.5) is 0 Å². The number of hydrogen-bond acceptors (Lipinski definition) is 5. The highest BCUT2D eigenvalue weighted by Crippen LogP contribution is 2.32. The molecule has 158 valence electrons. The summed E-state index contributed by atoms with van der Waals surface area (Å²) in [6.45, 7) is 9.21. The third-order valence-corrected chi connectivity index (χ3v) is 5.31.